The molecular formula is C20H15NO3. The van der Waals surface area contributed by atoms with Gasteiger partial charge in [0.15, 0.2) is 0 Å². The van der Waals surface area contributed by atoms with Crippen LogP contribution in [0.3, 0.4) is 0 Å². The molecule has 0 radical (unpaired) electrons. The molecule has 3 aromatic rings. The smallest absolute Gasteiger partial charge is 0.233 e. The third kappa shape index (κ3) is 3.22. The average molecular weight is 317 g/mol. The van der Waals surface area contributed by atoms with E-state index in [0.717, 1.165) is 11.1 Å². The van der Waals surface area contributed by atoms with Crippen LogP contribution in [-0.2, 0) is 0 Å². The molecule has 0 spiro atoms. The molecule has 0 fully saturated rings. The number of carbonyl (C=O) groups excluding carboxylic acids is 2. The van der Waals surface area contributed by atoms with Crippen molar-refractivity contribution in [3.63, 3.8) is 0 Å². The van der Waals surface area contributed by atoms with E-state index in [0.29, 0.717) is 16.9 Å². The van der Waals surface area contributed by atoms with Gasteiger partial charge in [0.25, 0.3) is 0 Å². The summed E-state index contributed by atoms with van der Waals surface area (Å²) in [5, 5.41) is 0. The van der Waals surface area contributed by atoms with Gasteiger partial charge in [-0.1, -0.05) is 36.4 Å². The minimum atomic E-state index is -0.558. The molecule has 0 atom stereocenters. The number of hydrogen-bond acceptors (Lipinski definition) is 4. The Labute approximate surface area is 139 Å². The number of hydrogen-bond donors (Lipinski definition) is 0. The number of carbonyl (C=O) groups is 2. The molecule has 1 heterocycles. The number of nitrogens with zero attached hydrogens (tertiary/aromatic N) is 1. The van der Waals surface area contributed by atoms with Crippen LogP contribution in [0.2, 0.25) is 0 Å². The van der Waals surface area contributed by atoms with Gasteiger partial charge in [0.1, 0.15) is 5.75 Å². The maximum absolute atomic E-state index is 12.5. The zero-order chi connectivity index (χ0) is 16.9. The van der Waals surface area contributed by atoms with E-state index in [4.69, 9.17) is 4.74 Å². The highest BCUT2D eigenvalue weighted by molar-refractivity contribution is 6.49. The highest BCUT2D eigenvalue weighted by atomic mass is 16.5. The molecule has 0 aliphatic rings. The molecule has 4 heteroatoms. The molecular weight excluding hydrogens is 302 g/mol. The van der Waals surface area contributed by atoms with Crippen LogP contribution in [0, 0.1) is 0 Å². The molecule has 3 rings (SSSR count). The summed E-state index contributed by atoms with van der Waals surface area (Å²) < 4.78 is 5.10. The predicted octanol–water partition coefficient (Wildman–Crippen LogP) is 3.82. The third-order valence-corrected chi connectivity index (χ3v) is 3.66. The lowest BCUT2D eigenvalue weighted by Gasteiger charge is -2.06. The van der Waals surface area contributed by atoms with Crippen LogP contribution < -0.4 is 4.74 Å². The lowest BCUT2D eigenvalue weighted by Crippen LogP contribution is -2.14. The molecule has 0 aliphatic carbocycles. The fourth-order valence-corrected chi connectivity index (χ4v) is 2.40. The molecule has 1 aromatic heterocycles. The molecule has 0 saturated carbocycles. The Morgan fingerprint density at radius 3 is 2.17 bits per heavy atom. The minimum Gasteiger partial charge on any atom is -0.497 e. The van der Waals surface area contributed by atoms with E-state index >= 15 is 0 Å². The fourth-order valence-electron chi connectivity index (χ4n) is 2.40. The average Bonchev–Trinajstić information content (AvgIpc) is 2.67. The van der Waals surface area contributed by atoms with Crippen LogP contribution in [0.4, 0.5) is 0 Å². The van der Waals surface area contributed by atoms with Crippen LogP contribution in [0.15, 0.2) is 73.1 Å². The second-order valence-corrected chi connectivity index (χ2v) is 5.21. The quantitative estimate of drug-likeness (QED) is 0.530. The molecule has 118 valence electrons. The van der Waals surface area contributed by atoms with E-state index in [1.54, 1.807) is 54.9 Å². The first-order valence-corrected chi connectivity index (χ1v) is 7.42. The van der Waals surface area contributed by atoms with Gasteiger partial charge in [-0.2, -0.15) is 0 Å². The Balaban J connectivity index is 1.91. The Morgan fingerprint density at radius 1 is 0.833 bits per heavy atom. The lowest BCUT2D eigenvalue weighted by molar-refractivity contribution is 0.0817. The van der Waals surface area contributed by atoms with Crippen LogP contribution in [0.1, 0.15) is 20.7 Å². The Bertz CT molecular complexity index is 888. The van der Waals surface area contributed by atoms with Gasteiger partial charge in [-0.25, -0.2) is 0 Å². The van der Waals surface area contributed by atoms with Gasteiger partial charge in [0, 0.05) is 29.1 Å². The van der Waals surface area contributed by atoms with Crippen molar-refractivity contribution in [2.75, 3.05) is 7.11 Å². The summed E-state index contributed by atoms with van der Waals surface area (Å²) in [7, 11) is 1.52. The SMILES string of the molecule is COc1cccc(C(=O)C(=O)c2cccc(-c3cccnc3)c2)c1. The number of ether oxygens (including phenoxy) is 1. The lowest BCUT2D eigenvalue weighted by atomic mass is 9.98. The summed E-state index contributed by atoms with van der Waals surface area (Å²) in [6.07, 6.45) is 3.40. The fraction of sp³-hybridized carbons (Fsp3) is 0.0500. The van der Waals surface area contributed by atoms with Crippen LogP contribution in [-0.4, -0.2) is 23.7 Å². The first kappa shape index (κ1) is 15.6. The van der Waals surface area contributed by atoms with Crippen LogP contribution >= 0.6 is 0 Å². The topological polar surface area (TPSA) is 56.3 Å². The molecule has 24 heavy (non-hydrogen) atoms. The molecule has 0 N–H and O–H groups in total. The number of pyridine rings is 1. The van der Waals surface area contributed by atoms with Crippen molar-refractivity contribution in [1.82, 2.24) is 4.98 Å². The van der Waals surface area contributed by atoms with Crippen LogP contribution in [0.5, 0.6) is 5.75 Å². The number of benzene rings is 2. The second kappa shape index (κ2) is 6.87. The van der Waals surface area contributed by atoms with Gasteiger partial charge in [0.2, 0.25) is 11.6 Å². The van der Waals surface area contributed by atoms with E-state index in [-0.39, 0.29) is 0 Å². The first-order valence-electron chi connectivity index (χ1n) is 7.42. The monoisotopic (exact) mass is 317 g/mol. The summed E-state index contributed by atoms with van der Waals surface area (Å²) in [4.78, 5) is 29.0. The highest BCUT2D eigenvalue weighted by Gasteiger charge is 2.19. The molecule has 2 aromatic carbocycles. The van der Waals surface area contributed by atoms with E-state index in [9.17, 15) is 9.59 Å². The second-order valence-electron chi connectivity index (χ2n) is 5.21. The summed E-state index contributed by atoms with van der Waals surface area (Å²) in [6.45, 7) is 0. The zero-order valence-electron chi connectivity index (χ0n) is 13.1. The largest absolute Gasteiger partial charge is 0.497 e. The van der Waals surface area contributed by atoms with Crippen molar-refractivity contribution in [3.8, 4) is 16.9 Å². The summed E-state index contributed by atoms with van der Waals surface area (Å²) in [5.41, 5.74) is 2.39. The van der Waals surface area contributed by atoms with Gasteiger partial charge >= 0.3 is 0 Å². The molecule has 0 bridgehead atoms. The van der Waals surface area contributed by atoms with Crippen molar-refractivity contribution in [3.05, 3.63) is 84.2 Å². The Hall–Kier alpha value is -3.27. The highest BCUT2D eigenvalue weighted by Crippen LogP contribution is 2.21. The van der Waals surface area contributed by atoms with E-state index in [2.05, 4.69) is 4.98 Å². The van der Waals surface area contributed by atoms with Crippen LogP contribution in [0.25, 0.3) is 11.1 Å². The van der Waals surface area contributed by atoms with Gasteiger partial charge in [-0.3, -0.25) is 14.6 Å². The number of aromatic nitrogens is 1. The number of methoxy groups -OCH3 is 1. The van der Waals surface area contributed by atoms with Crippen molar-refractivity contribution < 1.29 is 14.3 Å². The Kier molecular flexibility index (Phi) is 4.47. The van der Waals surface area contributed by atoms with Crippen molar-refractivity contribution in [2.24, 2.45) is 0 Å². The summed E-state index contributed by atoms with van der Waals surface area (Å²) in [5.74, 6) is -0.566. The molecule has 0 amide bonds. The maximum Gasteiger partial charge on any atom is 0.233 e. The third-order valence-electron chi connectivity index (χ3n) is 3.66. The number of ketones is 2. The van der Waals surface area contributed by atoms with Gasteiger partial charge in [-0.15, -0.1) is 0 Å². The molecule has 0 saturated heterocycles. The van der Waals surface area contributed by atoms with Crippen molar-refractivity contribution >= 4 is 11.6 Å². The number of Topliss-reactive ketones (excluding diaryl/α,β-unsaturated/α-hetero) is 2. The summed E-state index contributed by atoms with van der Waals surface area (Å²) in [6, 6.07) is 17.3. The first-order chi connectivity index (χ1) is 11.7. The minimum absolute atomic E-state index is 0.311. The van der Waals surface area contributed by atoms with E-state index in [1.165, 1.54) is 7.11 Å². The molecule has 0 aliphatic heterocycles. The van der Waals surface area contributed by atoms with Crippen molar-refractivity contribution in [1.29, 1.82) is 0 Å². The van der Waals surface area contributed by atoms with Gasteiger partial charge < -0.3 is 4.74 Å². The summed E-state index contributed by atoms with van der Waals surface area (Å²) >= 11 is 0. The standard InChI is InChI=1S/C20H15NO3/c1-24-18-9-3-7-16(12-18)20(23)19(22)15-6-2-5-14(11-15)17-8-4-10-21-13-17/h2-13H,1H3. The molecule has 0 unspecified atom stereocenters. The maximum atomic E-state index is 12.5. The van der Waals surface area contributed by atoms with E-state index in [1.807, 2.05) is 18.2 Å². The predicted molar refractivity (Wildman–Crippen MR) is 91.3 cm³/mol. The normalized spacial score (nSPS) is 10.2. The number of rotatable bonds is 5. The van der Waals surface area contributed by atoms with E-state index < -0.39 is 11.6 Å². The van der Waals surface area contributed by atoms with Gasteiger partial charge in [-0.05, 0) is 29.8 Å². The van der Waals surface area contributed by atoms with Crippen molar-refractivity contribution in [2.45, 2.75) is 0 Å². The zero-order valence-corrected chi connectivity index (χ0v) is 13.1. The Morgan fingerprint density at radius 2 is 1.50 bits per heavy atom. The van der Waals surface area contributed by atoms with Gasteiger partial charge in [0.05, 0.1) is 7.11 Å². The molecule has 4 nitrogen and oxygen atoms in total.